The Balaban J connectivity index is 2.10. The first kappa shape index (κ1) is 13.9. The van der Waals surface area contributed by atoms with Crippen molar-refractivity contribution < 1.29 is 4.74 Å². The number of hydrogen-bond acceptors (Lipinski definition) is 5. The van der Waals surface area contributed by atoms with Gasteiger partial charge in [0.1, 0.15) is 5.75 Å². The van der Waals surface area contributed by atoms with Gasteiger partial charge in [-0.1, -0.05) is 35.3 Å². The van der Waals surface area contributed by atoms with Crippen molar-refractivity contribution in [1.82, 2.24) is 9.97 Å². The summed E-state index contributed by atoms with van der Waals surface area (Å²) in [7, 11) is 0. The molecule has 0 saturated heterocycles. The number of hydrazine groups is 1. The van der Waals surface area contributed by atoms with Gasteiger partial charge in [0, 0.05) is 5.02 Å². The number of para-hydroxylation sites is 1. The summed E-state index contributed by atoms with van der Waals surface area (Å²) in [5.41, 5.74) is 3.12. The Morgan fingerprint density at radius 2 is 1.86 bits per heavy atom. The van der Waals surface area contributed by atoms with Gasteiger partial charge in [-0.05, 0) is 30.3 Å². The van der Waals surface area contributed by atoms with Gasteiger partial charge < -0.3 is 4.74 Å². The maximum absolute atomic E-state index is 6.11. The number of nitrogens with zero attached hydrogens (tertiary/aromatic N) is 2. The molecule has 0 aliphatic heterocycles. The van der Waals surface area contributed by atoms with Gasteiger partial charge in [-0.25, -0.2) is 10.8 Å². The van der Waals surface area contributed by atoms with Gasteiger partial charge in [0.2, 0.25) is 11.8 Å². The Labute approximate surface area is 130 Å². The molecule has 7 heteroatoms. The van der Waals surface area contributed by atoms with Crippen molar-refractivity contribution in [1.29, 1.82) is 0 Å². The molecule has 5 nitrogen and oxygen atoms in total. The lowest BCUT2D eigenvalue weighted by Crippen LogP contribution is -2.11. The lowest BCUT2D eigenvalue weighted by Gasteiger charge is -2.10. The average molecular weight is 321 g/mol. The average Bonchev–Trinajstić information content (AvgIpc) is 2.49. The molecule has 2 aromatic carbocycles. The zero-order valence-electron chi connectivity index (χ0n) is 10.7. The molecule has 3 rings (SSSR count). The number of aromatic nitrogens is 2. The first-order valence-corrected chi connectivity index (χ1v) is 6.79. The van der Waals surface area contributed by atoms with E-state index < -0.39 is 0 Å². The lowest BCUT2D eigenvalue weighted by atomic mass is 10.2. The molecule has 1 heterocycles. The van der Waals surface area contributed by atoms with Crippen LogP contribution in [0.25, 0.3) is 10.9 Å². The van der Waals surface area contributed by atoms with Crippen LogP contribution in [0.4, 0.5) is 5.95 Å². The second kappa shape index (κ2) is 5.73. The van der Waals surface area contributed by atoms with E-state index in [1.165, 1.54) is 0 Å². The smallest absolute Gasteiger partial charge is 0.241 e. The Kier molecular flexibility index (Phi) is 3.79. The summed E-state index contributed by atoms with van der Waals surface area (Å²) in [6.07, 6.45) is 0. The van der Waals surface area contributed by atoms with Crippen LogP contribution in [0.1, 0.15) is 0 Å². The highest BCUT2D eigenvalue weighted by atomic mass is 35.5. The van der Waals surface area contributed by atoms with Crippen LogP contribution in [0.3, 0.4) is 0 Å². The number of rotatable bonds is 3. The highest BCUT2D eigenvalue weighted by Gasteiger charge is 2.11. The largest absolute Gasteiger partial charge is 0.437 e. The molecule has 3 N–H and O–H groups in total. The molecule has 0 bridgehead atoms. The molecule has 0 radical (unpaired) electrons. The van der Waals surface area contributed by atoms with E-state index in [-0.39, 0.29) is 5.95 Å². The molecule has 0 saturated carbocycles. The minimum Gasteiger partial charge on any atom is -0.437 e. The molecule has 0 aliphatic carbocycles. The highest BCUT2D eigenvalue weighted by molar-refractivity contribution is 6.35. The van der Waals surface area contributed by atoms with E-state index >= 15 is 0 Å². The zero-order valence-corrected chi connectivity index (χ0v) is 12.2. The first-order chi connectivity index (χ1) is 10.2. The lowest BCUT2D eigenvalue weighted by molar-refractivity contribution is 0.469. The van der Waals surface area contributed by atoms with Crippen LogP contribution in [0, 0.1) is 0 Å². The van der Waals surface area contributed by atoms with Crippen molar-refractivity contribution in [3.8, 4) is 11.6 Å². The van der Waals surface area contributed by atoms with E-state index in [0.29, 0.717) is 27.2 Å². The topological polar surface area (TPSA) is 73.1 Å². The minimum atomic E-state index is 0.258. The highest BCUT2D eigenvalue weighted by Crippen LogP contribution is 2.33. The van der Waals surface area contributed by atoms with Crippen molar-refractivity contribution in [2.45, 2.75) is 0 Å². The van der Waals surface area contributed by atoms with E-state index in [1.54, 1.807) is 18.2 Å². The summed E-state index contributed by atoms with van der Waals surface area (Å²) in [4.78, 5) is 8.47. The van der Waals surface area contributed by atoms with Crippen LogP contribution >= 0.6 is 23.2 Å². The van der Waals surface area contributed by atoms with Crippen molar-refractivity contribution >= 4 is 40.1 Å². The Hall–Kier alpha value is -2.08. The Morgan fingerprint density at radius 1 is 1.05 bits per heavy atom. The molecular formula is C14H10Cl2N4O. The molecule has 0 spiro atoms. The van der Waals surface area contributed by atoms with Crippen molar-refractivity contribution in [2.24, 2.45) is 5.84 Å². The quantitative estimate of drug-likeness (QED) is 0.563. The molecule has 21 heavy (non-hydrogen) atoms. The number of fused-ring (bicyclic) bond motifs is 1. The van der Waals surface area contributed by atoms with Gasteiger partial charge in [0.05, 0.1) is 15.9 Å². The summed E-state index contributed by atoms with van der Waals surface area (Å²) in [5.74, 6) is 6.45. The van der Waals surface area contributed by atoms with Gasteiger partial charge in [-0.15, -0.1) is 0 Å². The normalized spacial score (nSPS) is 10.6. The molecule has 3 aromatic rings. The minimum absolute atomic E-state index is 0.258. The summed E-state index contributed by atoms with van der Waals surface area (Å²) in [6, 6.07) is 12.4. The Bertz CT molecular complexity index is 810. The van der Waals surface area contributed by atoms with Crippen LogP contribution in [-0.4, -0.2) is 9.97 Å². The number of halogens is 2. The molecule has 106 valence electrons. The maximum atomic E-state index is 6.11. The maximum Gasteiger partial charge on any atom is 0.241 e. The zero-order chi connectivity index (χ0) is 14.8. The number of benzene rings is 2. The number of nitrogens with two attached hydrogens (primary N) is 1. The molecule has 1 aromatic heterocycles. The first-order valence-electron chi connectivity index (χ1n) is 6.03. The molecule has 0 atom stereocenters. The standard InChI is InChI=1S/C14H10Cl2N4O/c15-8-5-6-12(10(16)7-8)21-13-9-3-1-2-4-11(9)18-14(19-13)20-17/h1-7H,17H2,(H,18,19,20). The summed E-state index contributed by atoms with van der Waals surface area (Å²) >= 11 is 12.0. The summed E-state index contributed by atoms with van der Waals surface area (Å²) in [5, 5.41) is 1.68. The van der Waals surface area contributed by atoms with Gasteiger partial charge in [-0.3, -0.25) is 5.43 Å². The van der Waals surface area contributed by atoms with Gasteiger partial charge in [0.25, 0.3) is 0 Å². The molecule has 0 amide bonds. The van der Waals surface area contributed by atoms with Crippen molar-refractivity contribution in [3.63, 3.8) is 0 Å². The van der Waals surface area contributed by atoms with E-state index in [4.69, 9.17) is 33.8 Å². The van der Waals surface area contributed by atoms with Crippen molar-refractivity contribution in [3.05, 3.63) is 52.5 Å². The van der Waals surface area contributed by atoms with Crippen LogP contribution in [0.2, 0.25) is 10.0 Å². The second-order valence-corrected chi connectivity index (χ2v) is 5.03. The third-order valence-corrected chi connectivity index (χ3v) is 3.33. The monoisotopic (exact) mass is 320 g/mol. The second-order valence-electron chi connectivity index (χ2n) is 4.19. The van der Waals surface area contributed by atoms with Crippen LogP contribution in [0.15, 0.2) is 42.5 Å². The fourth-order valence-corrected chi connectivity index (χ4v) is 2.30. The molecule has 0 unspecified atom stereocenters. The van der Waals surface area contributed by atoms with E-state index in [1.807, 2.05) is 24.3 Å². The van der Waals surface area contributed by atoms with E-state index in [9.17, 15) is 0 Å². The van der Waals surface area contributed by atoms with Crippen LogP contribution in [0.5, 0.6) is 11.6 Å². The Morgan fingerprint density at radius 3 is 2.62 bits per heavy atom. The summed E-state index contributed by atoms with van der Waals surface area (Å²) < 4.78 is 5.78. The van der Waals surface area contributed by atoms with Gasteiger partial charge >= 0.3 is 0 Å². The van der Waals surface area contributed by atoms with Gasteiger partial charge in [0.15, 0.2) is 0 Å². The molecular weight excluding hydrogens is 311 g/mol. The van der Waals surface area contributed by atoms with E-state index in [0.717, 1.165) is 5.39 Å². The number of anilines is 1. The van der Waals surface area contributed by atoms with Gasteiger partial charge in [-0.2, -0.15) is 4.98 Å². The summed E-state index contributed by atoms with van der Waals surface area (Å²) in [6.45, 7) is 0. The number of nitrogen functional groups attached to an aromatic ring is 1. The van der Waals surface area contributed by atoms with Crippen LogP contribution < -0.4 is 16.0 Å². The van der Waals surface area contributed by atoms with Crippen LogP contribution in [-0.2, 0) is 0 Å². The fraction of sp³-hybridized carbons (Fsp3) is 0. The molecule has 0 aliphatic rings. The number of nitrogens with one attached hydrogen (secondary N) is 1. The predicted octanol–water partition coefficient (Wildman–Crippen LogP) is 4.01. The molecule has 0 fully saturated rings. The third kappa shape index (κ3) is 2.85. The third-order valence-electron chi connectivity index (χ3n) is 2.80. The fourth-order valence-electron chi connectivity index (χ4n) is 1.85. The predicted molar refractivity (Wildman–Crippen MR) is 83.9 cm³/mol. The number of ether oxygens (including phenoxy) is 1. The SMILES string of the molecule is NNc1nc(Oc2ccc(Cl)cc2Cl)c2ccccc2n1. The van der Waals surface area contributed by atoms with Crippen molar-refractivity contribution in [2.75, 3.05) is 5.43 Å². The number of hydrogen-bond donors (Lipinski definition) is 2. The van der Waals surface area contributed by atoms with E-state index in [2.05, 4.69) is 15.4 Å².